The SMILES string of the molecule is COCCCN1CC[C@H](CNC(=O)c2cc3cc(F)ccc3o2)C1. The largest absolute Gasteiger partial charge is 0.451 e. The first kappa shape index (κ1) is 16.9. The maximum Gasteiger partial charge on any atom is 0.287 e. The van der Waals surface area contributed by atoms with Crippen LogP contribution in [0.1, 0.15) is 23.4 Å². The van der Waals surface area contributed by atoms with Gasteiger partial charge in [-0.2, -0.15) is 0 Å². The van der Waals surface area contributed by atoms with Crippen molar-refractivity contribution in [2.75, 3.05) is 39.9 Å². The number of nitrogens with one attached hydrogen (secondary N) is 1. The summed E-state index contributed by atoms with van der Waals surface area (Å²) in [4.78, 5) is 14.6. The smallest absolute Gasteiger partial charge is 0.287 e. The van der Waals surface area contributed by atoms with Gasteiger partial charge in [0, 0.05) is 38.7 Å². The highest BCUT2D eigenvalue weighted by atomic mass is 19.1. The van der Waals surface area contributed by atoms with Crippen LogP contribution in [0.25, 0.3) is 11.0 Å². The fraction of sp³-hybridized carbons (Fsp3) is 0.500. The molecular weight excluding hydrogens is 311 g/mol. The second-order valence-electron chi connectivity index (χ2n) is 6.30. The van der Waals surface area contributed by atoms with Gasteiger partial charge in [0.2, 0.25) is 0 Å². The Morgan fingerprint density at radius 3 is 3.17 bits per heavy atom. The molecule has 1 atom stereocenters. The summed E-state index contributed by atoms with van der Waals surface area (Å²) in [6.07, 6.45) is 2.11. The molecule has 0 saturated carbocycles. The molecule has 1 saturated heterocycles. The van der Waals surface area contributed by atoms with Gasteiger partial charge in [-0.25, -0.2) is 4.39 Å². The standard InChI is InChI=1S/C18H23FN2O3/c1-23-8-2-6-21-7-5-13(12-21)11-20-18(22)17-10-14-9-15(19)3-4-16(14)24-17/h3-4,9-10,13H,2,5-8,11-12H2,1H3,(H,20,22)/t13-/m1/s1. The van der Waals surface area contributed by atoms with Crippen LogP contribution in [0.2, 0.25) is 0 Å². The topological polar surface area (TPSA) is 54.7 Å². The zero-order chi connectivity index (χ0) is 16.9. The average Bonchev–Trinajstić information content (AvgIpc) is 3.19. The molecule has 0 radical (unpaired) electrons. The van der Waals surface area contributed by atoms with E-state index in [-0.39, 0.29) is 17.5 Å². The number of hydrogen-bond acceptors (Lipinski definition) is 4. The van der Waals surface area contributed by atoms with Gasteiger partial charge in [-0.05, 0) is 49.6 Å². The normalized spacial score (nSPS) is 18.3. The van der Waals surface area contributed by atoms with Crippen molar-refractivity contribution in [1.82, 2.24) is 10.2 Å². The van der Waals surface area contributed by atoms with Crippen molar-refractivity contribution in [2.24, 2.45) is 5.92 Å². The molecule has 1 amide bonds. The first-order valence-corrected chi connectivity index (χ1v) is 8.34. The van der Waals surface area contributed by atoms with Crippen LogP contribution in [0.4, 0.5) is 4.39 Å². The molecule has 130 valence electrons. The lowest BCUT2D eigenvalue weighted by atomic mass is 10.1. The Labute approximate surface area is 140 Å². The number of benzene rings is 1. The van der Waals surface area contributed by atoms with Crippen molar-refractivity contribution in [1.29, 1.82) is 0 Å². The van der Waals surface area contributed by atoms with Gasteiger partial charge < -0.3 is 19.4 Å². The average molecular weight is 334 g/mol. The molecule has 0 spiro atoms. The Kier molecular flexibility index (Phi) is 5.48. The fourth-order valence-corrected chi connectivity index (χ4v) is 3.17. The number of furan rings is 1. The molecule has 2 aromatic rings. The van der Waals surface area contributed by atoms with Crippen LogP contribution < -0.4 is 5.32 Å². The summed E-state index contributed by atoms with van der Waals surface area (Å²) in [5.74, 6) is 0.100. The molecule has 1 N–H and O–H groups in total. The lowest BCUT2D eigenvalue weighted by Gasteiger charge is -2.15. The van der Waals surface area contributed by atoms with Crippen molar-refractivity contribution in [3.05, 3.63) is 35.8 Å². The van der Waals surface area contributed by atoms with Crippen molar-refractivity contribution in [3.8, 4) is 0 Å². The lowest BCUT2D eigenvalue weighted by molar-refractivity contribution is 0.0921. The number of amides is 1. The maximum atomic E-state index is 13.2. The highest BCUT2D eigenvalue weighted by Crippen LogP contribution is 2.21. The summed E-state index contributed by atoms with van der Waals surface area (Å²) in [5, 5.41) is 3.53. The fourth-order valence-electron chi connectivity index (χ4n) is 3.17. The molecular formula is C18H23FN2O3. The first-order valence-electron chi connectivity index (χ1n) is 8.34. The van der Waals surface area contributed by atoms with Gasteiger partial charge in [0.1, 0.15) is 11.4 Å². The Bertz CT molecular complexity index is 701. The molecule has 2 heterocycles. The van der Waals surface area contributed by atoms with Gasteiger partial charge in [-0.1, -0.05) is 0 Å². The molecule has 1 aliphatic heterocycles. The minimum Gasteiger partial charge on any atom is -0.451 e. The number of halogens is 1. The number of likely N-dealkylation sites (tertiary alicyclic amines) is 1. The van der Waals surface area contributed by atoms with Gasteiger partial charge in [0.05, 0.1) is 0 Å². The third-order valence-electron chi connectivity index (χ3n) is 4.45. The van der Waals surface area contributed by atoms with Crippen LogP contribution in [0.15, 0.2) is 28.7 Å². The third kappa shape index (κ3) is 4.13. The number of methoxy groups -OCH3 is 1. The molecule has 0 unspecified atom stereocenters. The molecule has 0 aliphatic carbocycles. The van der Waals surface area contributed by atoms with Crippen LogP contribution in [-0.4, -0.2) is 50.7 Å². The van der Waals surface area contributed by atoms with Crippen molar-refractivity contribution >= 4 is 16.9 Å². The van der Waals surface area contributed by atoms with Gasteiger partial charge in [0.15, 0.2) is 5.76 Å². The molecule has 0 bridgehead atoms. The van der Waals surface area contributed by atoms with E-state index in [1.807, 2.05) is 0 Å². The molecule has 5 nitrogen and oxygen atoms in total. The van der Waals surface area contributed by atoms with E-state index in [0.717, 1.165) is 39.1 Å². The predicted octanol–water partition coefficient (Wildman–Crippen LogP) is 2.66. The second kappa shape index (κ2) is 7.77. The highest BCUT2D eigenvalue weighted by molar-refractivity contribution is 5.96. The van der Waals surface area contributed by atoms with E-state index < -0.39 is 0 Å². The molecule has 1 aliphatic rings. The number of rotatable bonds is 7. The Hall–Kier alpha value is -1.92. The summed E-state index contributed by atoms with van der Waals surface area (Å²) in [6.45, 7) is 4.51. The Morgan fingerprint density at radius 1 is 1.46 bits per heavy atom. The van der Waals surface area contributed by atoms with Crippen LogP contribution in [0.3, 0.4) is 0 Å². The van der Waals surface area contributed by atoms with Gasteiger partial charge in [-0.3, -0.25) is 4.79 Å². The van der Waals surface area contributed by atoms with E-state index in [9.17, 15) is 9.18 Å². The second-order valence-corrected chi connectivity index (χ2v) is 6.30. The summed E-state index contributed by atoms with van der Waals surface area (Å²) < 4.78 is 23.7. The molecule has 1 fully saturated rings. The number of ether oxygens (including phenoxy) is 1. The van der Waals surface area contributed by atoms with Crippen molar-refractivity contribution in [3.63, 3.8) is 0 Å². The van der Waals surface area contributed by atoms with E-state index in [4.69, 9.17) is 9.15 Å². The molecule has 1 aromatic heterocycles. The van der Waals surface area contributed by atoms with Gasteiger partial charge in [0.25, 0.3) is 5.91 Å². The van der Waals surface area contributed by atoms with Crippen LogP contribution >= 0.6 is 0 Å². The number of hydrogen-bond donors (Lipinski definition) is 1. The molecule has 3 rings (SSSR count). The minimum atomic E-state index is -0.338. The van der Waals surface area contributed by atoms with E-state index in [2.05, 4.69) is 10.2 Å². The number of nitrogens with zero attached hydrogens (tertiary/aromatic N) is 1. The molecule has 1 aromatic carbocycles. The number of carbonyl (C=O) groups excluding carboxylic acids is 1. The summed E-state index contributed by atoms with van der Waals surface area (Å²) >= 11 is 0. The van der Waals surface area contributed by atoms with Crippen LogP contribution in [0.5, 0.6) is 0 Å². The summed E-state index contributed by atoms with van der Waals surface area (Å²) in [7, 11) is 1.72. The van der Waals surface area contributed by atoms with Crippen LogP contribution in [0, 0.1) is 11.7 Å². The number of carbonyl (C=O) groups is 1. The first-order chi connectivity index (χ1) is 11.7. The Balaban J connectivity index is 1.48. The zero-order valence-electron chi connectivity index (χ0n) is 13.9. The molecule has 6 heteroatoms. The monoisotopic (exact) mass is 334 g/mol. The molecule has 24 heavy (non-hydrogen) atoms. The van der Waals surface area contributed by atoms with E-state index >= 15 is 0 Å². The number of fused-ring (bicyclic) bond motifs is 1. The zero-order valence-corrected chi connectivity index (χ0v) is 13.9. The maximum absolute atomic E-state index is 13.2. The lowest BCUT2D eigenvalue weighted by Crippen LogP contribution is -2.31. The minimum absolute atomic E-state index is 0.227. The summed E-state index contributed by atoms with van der Waals surface area (Å²) in [5.41, 5.74) is 0.520. The summed E-state index contributed by atoms with van der Waals surface area (Å²) in [6, 6.07) is 5.81. The van der Waals surface area contributed by atoms with E-state index in [1.54, 1.807) is 13.2 Å². The van der Waals surface area contributed by atoms with E-state index in [1.165, 1.54) is 18.2 Å². The predicted molar refractivity (Wildman–Crippen MR) is 89.5 cm³/mol. The Morgan fingerprint density at radius 2 is 2.33 bits per heavy atom. The third-order valence-corrected chi connectivity index (χ3v) is 4.45. The van der Waals surface area contributed by atoms with Crippen molar-refractivity contribution in [2.45, 2.75) is 12.8 Å². The van der Waals surface area contributed by atoms with Gasteiger partial charge >= 0.3 is 0 Å². The van der Waals surface area contributed by atoms with Crippen LogP contribution in [-0.2, 0) is 4.74 Å². The highest BCUT2D eigenvalue weighted by Gasteiger charge is 2.23. The van der Waals surface area contributed by atoms with E-state index in [0.29, 0.717) is 23.4 Å². The van der Waals surface area contributed by atoms with Crippen molar-refractivity contribution < 1.29 is 18.3 Å². The van der Waals surface area contributed by atoms with Gasteiger partial charge in [-0.15, -0.1) is 0 Å². The quantitative estimate of drug-likeness (QED) is 0.791.